The van der Waals surface area contributed by atoms with Gasteiger partial charge in [-0.1, -0.05) is 103 Å². The molecule has 0 aliphatic heterocycles. The number of hydrogen-bond donors (Lipinski definition) is 2. The van der Waals surface area contributed by atoms with E-state index in [9.17, 15) is 19.8 Å². The number of fused-ring (bicyclic) bond motifs is 3. The zero-order chi connectivity index (χ0) is 25.8. The van der Waals surface area contributed by atoms with Crippen molar-refractivity contribution in [1.29, 1.82) is 0 Å². The molecule has 37 heavy (non-hydrogen) atoms. The van der Waals surface area contributed by atoms with Crippen LogP contribution in [-0.4, -0.2) is 28.3 Å². The molecule has 0 saturated heterocycles. The van der Waals surface area contributed by atoms with E-state index in [1.807, 2.05) is 66.7 Å². The van der Waals surface area contributed by atoms with Gasteiger partial charge < -0.3 is 19.7 Å². The van der Waals surface area contributed by atoms with E-state index < -0.39 is 23.6 Å². The summed E-state index contributed by atoms with van der Waals surface area (Å²) in [6, 6.07) is 31.3. The first-order chi connectivity index (χ1) is 18.0. The average molecular weight is 495 g/mol. The molecule has 2 unspecified atom stereocenters. The Morgan fingerprint density at radius 3 is 1.97 bits per heavy atom. The SMILES string of the molecule is O=C(O)C(OCc1ccccc1)C(OCc1ccccc1)(C(=O)O)c1cccc2c1Cc1ccccc1-2. The molecular weight excluding hydrogens is 468 g/mol. The van der Waals surface area contributed by atoms with Crippen LogP contribution in [0.15, 0.2) is 103 Å². The highest BCUT2D eigenvalue weighted by molar-refractivity contribution is 5.91. The highest BCUT2D eigenvalue weighted by Crippen LogP contribution is 2.44. The molecule has 5 rings (SSSR count). The third-order valence-corrected chi connectivity index (χ3v) is 6.73. The molecule has 6 heteroatoms. The van der Waals surface area contributed by atoms with Gasteiger partial charge in [0.15, 0.2) is 6.10 Å². The average Bonchev–Trinajstić information content (AvgIpc) is 3.30. The highest BCUT2D eigenvalue weighted by atomic mass is 16.6. The molecule has 0 saturated carbocycles. The Morgan fingerprint density at radius 1 is 0.730 bits per heavy atom. The van der Waals surface area contributed by atoms with E-state index in [0.717, 1.165) is 33.4 Å². The molecule has 0 heterocycles. The summed E-state index contributed by atoms with van der Waals surface area (Å²) in [5.74, 6) is -2.84. The number of benzene rings is 4. The predicted molar refractivity (Wildman–Crippen MR) is 138 cm³/mol. The van der Waals surface area contributed by atoms with Crippen molar-refractivity contribution < 1.29 is 29.3 Å². The first kappa shape index (κ1) is 24.4. The Hall–Kier alpha value is -4.26. The Morgan fingerprint density at radius 2 is 1.32 bits per heavy atom. The van der Waals surface area contributed by atoms with Crippen molar-refractivity contribution in [2.75, 3.05) is 0 Å². The van der Waals surface area contributed by atoms with Gasteiger partial charge in [0, 0.05) is 5.56 Å². The van der Waals surface area contributed by atoms with Crippen molar-refractivity contribution in [3.63, 3.8) is 0 Å². The van der Waals surface area contributed by atoms with E-state index in [0.29, 0.717) is 6.42 Å². The van der Waals surface area contributed by atoms with Crippen molar-refractivity contribution in [1.82, 2.24) is 0 Å². The maximum absolute atomic E-state index is 13.2. The summed E-state index contributed by atoms with van der Waals surface area (Å²) in [7, 11) is 0. The fourth-order valence-corrected chi connectivity index (χ4v) is 4.98. The van der Waals surface area contributed by atoms with Crippen molar-refractivity contribution in [3.8, 4) is 11.1 Å². The van der Waals surface area contributed by atoms with E-state index in [-0.39, 0.29) is 18.8 Å². The van der Waals surface area contributed by atoms with Crippen LogP contribution >= 0.6 is 0 Å². The summed E-state index contributed by atoms with van der Waals surface area (Å²) in [5.41, 5.74) is 3.07. The van der Waals surface area contributed by atoms with E-state index >= 15 is 0 Å². The third-order valence-electron chi connectivity index (χ3n) is 6.73. The number of rotatable bonds is 10. The number of ether oxygens (including phenoxy) is 2. The van der Waals surface area contributed by atoms with Crippen molar-refractivity contribution in [2.24, 2.45) is 0 Å². The molecule has 186 valence electrons. The van der Waals surface area contributed by atoms with Gasteiger partial charge in [-0.3, -0.25) is 0 Å². The summed E-state index contributed by atoms with van der Waals surface area (Å²) >= 11 is 0. The van der Waals surface area contributed by atoms with Gasteiger partial charge >= 0.3 is 11.9 Å². The van der Waals surface area contributed by atoms with E-state index in [4.69, 9.17) is 9.47 Å². The lowest BCUT2D eigenvalue weighted by molar-refractivity contribution is -0.208. The summed E-state index contributed by atoms with van der Waals surface area (Å²) in [6.45, 7) is -0.195. The monoisotopic (exact) mass is 494 g/mol. The second-order valence-corrected chi connectivity index (χ2v) is 9.00. The van der Waals surface area contributed by atoms with Crippen LogP contribution in [0.25, 0.3) is 11.1 Å². The fraction of sp³-hybridized carbons (Fsp3) is 0.161. The molecule has 0 fully saturated rings. The van der Waals surface area contributed by atoms with Gasteiger partial charge in [0.1, 0.15) is 0 Å². The lowest BCUT2D eigenvalue weighted by Gasteiger charge is -2.36. The van der Waals surface area contributed by atoms with E-state index in [2.05, 4.69) is 0 Å². The van der Waals surface area contributed by atoms with Crippen molar-refractivity contribution in [2.45, 2.75) is 31.3 Å². The number of carbonyl (C=O) groups is 2. The quantitative estimate of drug-likeness (QED) is 0.269. The summed E-state index contributed by atoms with van der Waals surface area (Å²) < 4.78 is 12.1. The molecule has 0 bridgehead atoms. The number of carboxylic acid groups (broad SMARTS) is 2. The van der Waals surface area contributed by atoms with Crippen LogP contribution in [0.2, 0.25) is 0 Å². The predicted octanol–water partition coefficient (Wildman–Crippen LogP) is 5.42. The molecule has 0 amide bonds. The molecule has 1 aliphatic rings. The van der Waals surface area contributed by atoms with Gasteiger partial charge in [-0.05, 0) is 39.8 Å². The van der Waals surface area contributed by atoms with Crippen molar-refractivity contribution >= 4 is 11.9 Å². The first-order valence-electron chi connectivity index (χ1n) is 12.0. The van der Waals surface area contributed by atoms with Gasteiger partial charge in [-0.15, -0.1) is 0 Å². The van der Waals surface area contributed by atoms with Crippen molar-refractivity contribution in [3.05, 3.63) is 131 Å². The minimum atomic E-state index is -2.30. The molecular formula is C31H26O6. The van der Waals surface area contributed by atoms with Crippen LogP contribution in [0.5, 0.6) is 0 Å². The smallest absolute Gasteiger partial charge is 0.344 e. The lowest BCUT2D eigenvalue weighted by Crippen LogP contribution is -2.54. The zero-order valence-corrected chi connectivity index (χ0v) is 20.0. The molecule has 4 aromatic carbocycles. The van der Waals surface area contributed by atoms with Gasteiger partial charge in [-0.2, -0.15) is 0 Å². The Balaban J connectivity index is 1.64. The summed E-state index contributed by atoms with van der Waals surface area (Å²) in [6.07, 6.45) is -1.35. The minimum absolute atomic E-state index is 0.0865. The van der Waals surface area contributed by atoms with Gasteiger partial charge in [0.05, 0.1) is 13.2 Å². The minimum Gasteiger partial charge on any atom is -0.479 e. The van der Waals surface area contributed by atoms with Crippen LogP contribution in [0.1, 0.15) is 27.8 Å². The Labute approximate surface area is 214 Å². The van der Waals surface area contributed by atoms with Gasteiger partial charge in [0.2, 0.25) is 5.60 Å². The van der Waals surface area contributed by atoms with Crippen LogP contribution in [0.4, 0.5) is 0 Å². The zero-order valence-electron chi connectivity index (χ0n) is 20.0. The van der Waals surface area contributed by atoms with Crippen LogP contribution < -0.4 is 0 Å². The molecule has 1 aliphatic carbocycles. The second-order valence-electron chi connectivity index (χ2n) is 9.00. The first-order valence-corrected chi connectivity index (χ1v) is 12.0. The summed E-state index contributed by atoms with van der Waals surface area (Å²) in [5, 5.41) is 21.1. The summed E-state index contributed by atoms with van der Waals surface area (Å²) in [4.78, 5) is 25.9. The standard InChI is InChI=1S/C31H26O6/c32-29(33)28(36-19-21-10-3-1-4-11-21)31(30(34)35,37-20-22-12-5-2-6-13-22)27-17-9-16-25-24-15-8-7-14-23(24)18-26(25)27/h1-17,28H,18-20H2,(H,32,33)(H,34,35). The van der Waals surface area contributed by atoms with E-state index in [1.165, 1.54) is 0 Å². The molecule has 2 N–H and O–H groups in total. The maximum atomic E-state index is 13.2. The topological polar surface area (TPSA) is 93.1 Å². The van der Waals surface area contributed by atoms with Crippen LogP contribution in [-0.2, 0) is 44.3 Å². The van der Waals surface area contributed by atoms with Crippen LogP contribution in [0, 0.1) is 0 Å². The highest BCUT2D eigenvalue weighted by Gasteiger charge is 2.55. The molecule has 4 aromatic rings. The molecule has 6 nitrogen and oxygen atoms in total. The fourth-order valence-electron chi connectivity index (χ4n) is 4.98. The van der Waals surface area contributed by atoms with Gasteiger partial charge in [0.25, 0.3) is 0 Å². The Bertz CT molecular complexity index is 1420. The van der Waals surface area contributed by atoms with Crippen LogP contribution in [0.3, 0.4) is 0 Å². The van der Waals surface area contributed by atoms with Gasteiger partial charge in [-0.25, -0.2) is 9.59 Å². The normalized spacial score (nSPS) is 14.3. The van der Waals surface area contributed by atoms with E-state index in [1.54, 1.807) is 36.4 Å². The number of aliphatic carboxylic acids is 2. The Kier molecular flexibility index (Phi) is 6.86. The number of carboxylic acids is 2. The molecule has 0 radical (unpaired) electrons. The largest absolute Gasteiger partial charge is 0.479 e. The maximum Gasteiger partial charge on any atom is 0.344 e. The molecule has 2 atom stereocenters. The molecule has 0 aromatic heterocycles. The third kappa shape index (κ3) is 4.65. The lowest BCUT2D eigenvalue weighted by atomic mass is 9.82. The molecule has 0 spiro atoms. The number of hydrogen-bond acceptors (Lipinski definition) is 4. The second kappa shape index (κ2) is 10.4.